The molecule has 3 saturated heterocycles. The molecule has 8 N–H and O–H groups in total. The quantitative estimate of drug-likeness (QED) is 0.158. The number of carboxylic acids is 2. The summed E-state index contributed by atoms with van der Waals surface area (Å²) in [6.45, 7) is 2.35. The zero-order chi connectivity index (χ0) is 34.6. The maximum Gasteiger partial charge on any atom is 0.320 e. The summed E-state index contributed by atoms with van der Waals surface area (Å²) in [5.41, 5.74) is 2.46. The number of hydrogen-bond acceptors (Lipinski definition) is 11. The van der Waals surface area contributed by atoms with E-state index in [1.165, 1.54) is 0 Å². The number of rotatable bonds is 11. The fourth-order valence-electron chi connectivity index (χ4n) is 5.61. The van der Waals surface area contributed by atoms with Crippen LogP contribution in [0.5, 0.6) is 5.75 Å². The molecule has 1 saturated carbocycles. The number of benzene rings is 2. The van der Waals surface area contributed by atoms with E-state index in [9.17, 15) is 30.0 Å². The third kappa shape index (κ3) is 11.4. The van der Waals surface area contributed by atoms with Gasteiger partial charge < -0.3 is 55.5 Å². The lowest BCUT2D eigenvalue weighted by Crippen LogP contribution is -2.55. The highest BCUT2D eigenvalue weighted by atomic mass is 35.5. The zero-order valence-corrected chi connectivity index (χ0v) is 27.5. The maximum absolute atomic E-state index is 10.4. The van der Waals surface area contributed by atoms with E-state index in [1.54, 1.807) is 12.1 Å². The monoisotopic (exact) mass is 694 g/mol. The first-order valence-corrected chi connectivity index (χ1v) is 16.8. The zero-order valence-electron chi connectivity index (χ0n) is 26.7. The van der Waals surface area contributed by atoms with Crippen molar-refractivity contribution in [2.75, 3.05) is 32.9 Å². The Morgan fingerprint density at radius 3 is 1.96 bits per heavy atom. The van der Waals surface area contributed by atoms with Crippen molar-refractivity contribution in [2.45, 2.75) is 93.7 Å². The van der Waals surface area contributed by atoms with Gasteiger partial charge in [0.05, 0.1) is 19.3 Å². The van der Waals surface area contributed by atoms with Gasteiger partial charge in [0.2, 0.25) is 0 Å². The molecule has 2 aromatic rings. The van der Waals surface area contributed by atoms with Crippen molar-refractivity contribution in [3.05, 3.63) is 64.2 Å². The fraction of sp³-hybridized carbons (Fsp3) is 0.588. The molecule has 13 nitrogen and oxygen atoms in total. The first-order chi connectivity index (χ1) is 23.1. The van der Waals surface area contributed by atoms with Gasteiger partial charge in [0.25, 0.3) is 0 Å². The lowest BCUT2D eigenvalue weighted by molar-refractivity contribution is -0.231. The molecule has 266 valence electrons. The van der Waals surface area contributed by atoms with Crippen LogP contribution in [0.3, 0.4) is 0 Å². The molecule has 3 heterocycles. The molecule has 4 aliphatic rings. The van der Waals surface area contributed by atoms with Gasteiger partial charge in [-0.15, -0.1) is 0 Å². The highest BCUT2D eigenvalue weighted by molar-refractivity contribution is 6.31. The highest BCUT2D eigenvalue weighted by Crippen LogP contribution is 2.34. The Bertz CT molecular complexity index is 1270. The summed E-state index contributed by atoms with van der Waals surface area (Å²) in [6, 6.07) is 12.4. The summed E-state index contributed by atoms with van der Waals surface area (Å²) in [4.78, 5) is 20.3. The van der Waals surface area contributed by atoms with Gasteiger partial charge in [0.15, 0.2) is 0 Å². The minimum absolute atomic E-state index is 0.269. The molecular formula is C34H47ClN2O11. The SMILES string of the molecule is O=C(O)[C@@H]1CCCN1.O=C(O)[C@@H]1CCCN1.OC[C@H]1O[C@@H](c2ccc(Cl)c(Cc3ccc(OCCOC4CC4)cc3)c2)[C@H](O)[C@@H](O)[C@@H]1O. The third-order valence-electron chi connectivity index (χ3n) is 8.56. The van der Waals surface area contributed by atoms with Crippen LogP contribution in [0.4, 0.5) is 0 Å². The molecule has 2 aromatic carbocycles. The summed E-state index contributed by atoms with van der Waals surface area (Å²) < 4.78 is 16.9. The Balaban J connectivity index is 0.000000264. The molecule has 6 rings (SSSR count). The van der Waals surface area contributed by atoms with E-state index in [0.717, 1.165) is 68.5 Å². The Kier molecular flexibility index (Phi) is 14.9. The van der Waals surface area contributed by atoms with Crippen molar-refractivity contribution in [3.8, 4) is 5.75 Å². The van der Waals surface area contributed by atoms with Gasteiger partial charge in [-0.25, -0.2) is 0 Å². The number of ether oxygens (including phenoxy) is 3. The van der Waals surface area contributed by atoms with E-state index in [2.05, 4.69) is 10.6 Å². The Labute approximate surface area is 284 Å². The molecule has 48 heavy (non-hydrogen) atoms. The van der Waals surface area contributed by atoms with Crippen LogP contribution in [0, 0.1) is 0 Å². The number of carboxylic acid groups (broad SMARTS) is 2. The fourth-order valence-corrected chi connectivity index (χ4v) is 5.79. The lowest BCUT2D eigenvalue weighted by Gasteiger charge is -2.40. The normalized spacial score (nSPS) is 28.1. The maximum atomic E-state index is 10.4. The van der Waals surface area contributed by atoms with Crippen LogP contribution in [-0.4, -0.2) is 118 Å². The first-order valence-electron chi connectivity index (χ1n) is 16.4. The van der Waals surface area contributed by atoms with Crippen LogP contribution in [0.15, 0.2) is 42.5 Å². The molecule has 0 aromatic heterocycles. The van der Waals surface area contributed by atoms with Gasteiger partial charge in [0, 0.05) is 5.02 Å². The first kappa shape index (κ1) is 38.0. The summed E-state index contributed by atoms with van der Waals surface area (Å²) in [5, 5.41) is 62.9. The predicted octanol–water partition coefficient (Wildman–Crippen LogP) is 1.65. The molecule has 0 amide bonds. The summed E-state index contributed by atoms with van der Waals surface area (Å²) >= 11 is 6.40. The van der Waals surface area contributed by atoms with Crippen LogP contribution in [0.1, 0.15) is 61.3 Å². The van der Waals surface area contributed by atoms with Gasteiger partial charge in [-0.2, -0.15) is 0 Å². The second-order valence-electron chi connectivity index (χ2n) is 12.3. The molecule has 0 unspecified atom stereocenters. The molecule has 4 fully saturated rings. The summed E-state index contributed by atoms with van der Waals surface area (Å²) in [7, 11) is 0. The number of aliphatic hydroxyl groups is 4. The standard InChI is InChI=1S/C24H29ClO7.2C5H9NO2/c25-19-8-3-15(24-23(29)22(28)21(27)20(13-26)32-24)12-16(19)11-14-1-4-17(5-2-14)30-9-10-31-18-6-7-18;2*7-5(8)4-2-1-3-6-4/h1-5,8,12,18,20-24,26-29H,6-7,9-11,13H2;2*4,6H,1-3H2,(H,7,8)/t20-,21-,22+,23-,24+;2*4-/m100/s1. The molecular weight excluding hydrogens is 648 g/mol. The molecule has 7 atom stereocenters. The topological polar surface area (TPSA) is 207 Å². The summed E-state index contributed by atoms with van der Waals surface area (Å²) in [5.74, 6) is -0.667. The van der Waals surface area contributed by atoms with Crippen LogP contribution in [-0.2, 0) is 25.5 Å². The molecule has 0 spiro atoms. The van der Waals surface area contributed by atoms with Crippen LogP contribution >= 0.6 is 11.6 Å². The third-order valence-corrected chi connectivity index (χ3v) is 8.92. The summed E-state index contributed by atoms with van der Waals surface area (Å²) in [6.07, 6.45) is 0.838. The van der Waals surface area contributed by atoms with Crippen LogP contribution < -0.4 is 15.4 Å². The van der Waals surface area contributed by atoms with Gasteiger partial charge in [0.1, 0.15) is 55.0 Å². The predicted molar refractivity (Wildman–Crippen MR) is 175 cm³/mol. The van der Waals surface area contributed by atoms with Crippen molar-refractivity contribution in [1.29, 1.82) is 0 Å². The van der Waals surface area contributed by atoms with Gasteiger partial charge in [-0.3, -0.25) is 9.59 Å². The van der Waals surface area contributed by atoms with Crippen LogP contribution in [0.2, 0.25) is 5.02 Å². The number of hydrogen-bond donors (Lipinski definition) is 8. The highest BCUT2D eigenvalue weighted by Gasteiger charge is 2.44. The molecule has 0 bridgehead atoms. The van der Waals surface area contributed by atoms with E-state index >= 15 is 0 Å². The number of aliphatic hydroxyl groups excluding tert-OH is 4. The van der Waals surface area contributed by atoms with Crippen molar-refractivity contribution in [3.63, 3.8) is 0 Å². The number of nitrogens with one attached hydrogen (secondary N) is 2. The van der Waals surface area contributed by atoms with Gasteiger partial charge >= 0.3 is 11.9 Å². The molecule has 1 aliphatic carbocycles. The second kappa shape index (κ2) is 18.8. The van der Waals surface area contributed by atoms with E-state index in [0.29, 0.717) is 36.3 Å². The van der Waals surface area contributed by atoms with E-state index in [-0.39, 0.29) is 12.1 Å². The Hall–Kier alpha value is -2.85. The average molecular weight is 695 g/mol. The van der Waals surface area contributed by atoms with Gasteiger partial charge in [-0.05, 0) is 92.9 Å². The molecule has 0 radical (unpaired) electrons. The van der Waals surface area contributed by atoms with E-state index in [4.69, 9.17) is 36.0 Å². The second-order valence-corrected chi connectivity index (χ2v) is 12.7. The lowest BCUT2D eigenvalue weighted by atomic mass is 9.90. The molecule has 3 aliphatic heterocycles. The van der Waals surface area contributed by atoms with E-state index < -0.39 is 49.1 Å². The van der Waals surface area contributed by atoms with Crippen molar-refractivity contribution < 1.29 is 54.4 Å². The largest absolute Gasteiger partial charge is 0.491 e. The number of aliphatic carboxylic acids is 2. The van der Waals surface area contributed by atoms with Crippen molar-refractivity contribution >= 4 is 23.5 Å². The number of carbonyl (C=O) groups is 2. The Morgan fingerprint density at radius 1 is 0.833 bits per heavy atom. The smallest absolute Gasteiger partial charge is 0.320 e. The van der Waals surface area contributed by atoms with E-state index in [1.807, 2.05) is 30.3 Å². The Morgan fingerprint density at radius 2 is 1.46 bits per heavy atom. The van der Waals surface area contributed by atoms with Crippen molar-refractivity contribution in [1.82, 2.24) is 10.6 Å². The minimum Gasteiger partial charge on any atom is -0.491 e. The van der Waals surface area contributed by atoms with Gasteiger partial charge in [-0.1, -0.05) is 35.9 Å². The average Bonchev–Trinajstić information content (AvgIpc) is 3.48. The van der Waals surface area contributed by atoms with Crippen LogP contribution in [0.25, 0.3) is 0 Å². The minimum atomic E-state index is -1.42. The molecule has 14 heteroatoms. The number of halogens is 1. The van der Waals surface area contributed by atoms with Crippen molar-refractivity contribution in [2.24, 2.45) is 0 Å².